The molecule has 0 radical (unpaired) electrons. The second-order valence-corrected chi connectivity index (χ2v) is 5.55. The third-order valence-corrected chi connectivity index (χ3v) is 4.33. The van der Waals surface area contributed by atoms with Gasteiger partial charge in [0.25, 0.3) is 0 Å². The monoisotopic (exact) mass is 294 g/mol. The molecular formula is C19H22N2O. The largest absolute Gasteiger partial charge is 0.348 e. The van der Waals surface area contributed by atoms with Gasteiger partial charge in [-0.2, -0.15) is 0 Å². The fraction of sp³-hybridized carbons (Fsp3) is 0.316. The lowest BCUT2D eigenvalue weighted by molar-refractivity contribution is -0.130. The smallest absolute Gasteiger partial charge is 0.247 e. The van der Waals surface area contributed by atoms with E-state index in [4.69, 9.17) is 0 Å². The molecule has 0 saturated carbocycles. The number of carbonyl (C=O) groups excluding carboxylic acids is 1. The minimum atomic E-state index is -0.0790. The van der Waals surface area contributed by atoms with Crippen molar-refractivity contribution < 1.29 is 4.79 Å². The summed E-state index contributed by atoms with van der Waals surface area (Å²) >= 11 is 0. The highest BCUT2D eigenvalue weighted by Crippen LogP contribution is 2.47. The first-order valence-corrected chi connectivity index (χ1v) is 7.95. The average Bonchev–Trinajstić information content (AvgIpc) is 3.33. The van der Waals surface area contributed by atoms with E-state index < -0.39 is 0 Å². The summed E-state index contributed by atoms with van der Waals surface area (Å²) in [6.07, 6.45) is 0. The fourth-order valence-electron chi connectivity index (χ4n) is 3.12. The molecule has 1 saturated heterocycles. The van der Waals surface area contributed by atoms with Gasteiger partial charge in [0.1, 0.15) is 6.04 Å². The van der Waals surface area contributed by atoms with Gasteiger partial charge in [0.2, 0.25) is 5.91 Å². The molecule has 114 valence electrons. The van der Waals surface area contributed by atoms with Crippen molar-refractivity contribution in [3.8, 4) is 0 Å². The van der Waals surface area contributed by atoms with Crippen LogP contribution < -0.4 is 4.90 Å². The summed E-state index contributed by atoms with van der Waals surface area (Å²) in [5.74, 6) is 0.225. The number of rotatable bonds is 5. The van der Waals surface area contributed by atoms with E-state index >= 15 is 0 Å². The van der Waals surface area contributed by atoms with Crippen molar-refractivity contribution in [2.75, 3.05) is 18.0 Å². The number of benzene rings is 2. The van der Waals surface area contributed by atoms with Crippen LogP contribution in [0.25, 0.3) is 0 Å². The summed E-state index contributed by atoms with van der Waals surface area (Å²) in [4.78, 5) is 17.0. The second-order valence-electron chi connectivity index (χ2n) is 5.55. The standard InChI is InChI=1S/C19H22N2O/c1-3-20(4-2)19(22)18-17(15-11-7-5-8-12-15)21(18)16-13-9-6-10-14-16/h5-14,17-18H,3-4H2,1-2H3/t17-,18+,21?/m0/s1. The van der Waals surface area contributed by atoms with Gasteiger partial charge in [0.15, 0.2) is 0 Å². The van der Waals surface area contributed by atoms with Gasteiger partial charge in [-0.3, -0.25) is 4.79 Å². The number of para-hydroxylation sites is 1. The summed E-state index contributed by atoms with van der Waals surface area (Å²) in [6.45, 7) is 5.59. The summed E-state index contributed by atoms with van der Waals surface area (Å²) in [6, 6.07) is 20.6. The quantitative estimate of drug-likeness (QED) is 0.788. The van der Waals surface area contributed by atoms with Crippen molar-refractivity contribution in [1.29, 1.82) is 0 Å². The number of amides is 1. The van der Waals surface area contributed by atoms with E-state index in [2.05, 4.69) is 29.2 Å². The van der Waals surface area contributed by atoms with Gasteiger partial charge in [0, 0.05) is 18.8 Å². The minimum Gasteiger partial charge on any atom is -0.348 e. The Morgan fingerprint density at radius 2 is 1.50 bits per heavy atom. The zero-order valence-electron chi connectivity index (χ0n) is 13.1. The first-order valence-electron chi connectivity index (χ1n) is 7.95. The minimum absolute atomic E-state index is 0.0790. The molecule has 2 aromatic rings. The zero-order valence-corrected chi connectivity index (χ0v) is 13.1. The van der Waals surface area contributed by atoms with Crippen LogP contribution >= 0.6 is 0 Å². The Labute approximate surface area is 132 Å². The molecule has 3 rings (SSSR count). The summed E-state index contributed by atoms with van der Waals surface area (Å²) in [7, 11) is 0. The number of carbonyl (C=O) groups is 1. The van der Waals surface area contributed by atoms with E-state index in [0.29, 0.717) is 0 Å². The maximum Gasteiger partial charge on any atom is 0.247 e. The molecule has 3 heteroatoms. The summed E-state index contributed by atoms with van der Waals surface area (Å²) < 4.78 is 0. The molecule has 0 unspecified atom stereocenters. The SMILES string of the molecule is CCN(CC)C(=O)[C@H]1[C@H](c2ccccc2)N1c1ccccc1. The van der Waals surface area contributed by atoms with E-state index in [0.717, 1.165) is 18.8 Å². The number of hydrogen-bond donors (Lipinski definition) is 0. The molecule has 2 atom stereocenters. The van der Waals surface area contributed by atoms with Crippen molar-refractivity contribution >= 4 is 11.6 Å². The van der Waals surface area contributed by atoms with E-state index in [9.17, 15) is 4.79 Å². The number of anilines is 1. The van der Waals surface area contributed by atoms with Gasteiger partial charge >= 0.3 is 0 Å². The molecule has 1 fully saturated rings. The molecule has 2 aromatic carbocycles. The lowest BCUT2D eigenvalue weighted by Crippen LogP contribution is -2.35. The lowest BCUT2D eigenvalue weighted by Gasteiger charge is -2.18. The van der Waals surface area contributed by atoms with E-state index in [1.165, 1.54) is 5.56 Å². The van der Waals surface area contributed by atoms with Crippen molar-refractivity contribution in [1.82, 2.24) is 4.90 Å². The highest BCUT2D eigenvalue weighted by molar-refractivity contribution is 5.92. The average molecular weight is 294 g/mol. The van der Waals surface area contributed by atoms with Gasteiger partial charge in [-0.15, -0.1) is 0 Å². The first kappa shape index (κ1) is 14.6. The third-order valence-electron chi connectivity index (χ3n) is 4.33. The van der Waals surface area contributed by atoms with Crippen molar-refractivity contribution in [2.24, 2.45) is 0 Å². The van der Waals surface area contributed by atoms with Gasteiger partial charge in [-0.05, 0) is 31.5 Å². The highest BCUT2D eigenvalue weighted by Gasteiger charge is 2.54. The maximum absolute atomic E-state index is 12.8. The number of nitrogens with zero attached hydrogens (tertiary/aromatic N) is 2. The van der Waals surface area contributed by atoms with Crippen molar-refractivity contribution in [3.05, 3.63) is 66.2 Å². The topological polar surface area (TPSA) is 23.3 Å². The molecule has 0 N–H and O–H groups in total. The zero-order chi connectivity index (χ0) is 15.5. The predicted molar refractivity (Wildman–Crippen MR) is 89.8 cm³/mol. The van der Waals surface area contributed by atoms with Crippen LogP contribution in [0, 0.1) is 0 Å². The van der Waals surface area contributed by atoms with E-state index in [1.807, 2.05) is 55.1 Å². The molecule has 0 bridgehead atoms. The van der Waals surface area contributed by atoms with Crippen LogP contribution in [0.3, 0.4) is 0 Å². The van der Waals surface area contributed by atoms with Gasteiger partial charge in [-0.25, -0.2) is 0 Å². The normalized spacial score (nSPS) is 19.8. The van der Waals surface area contributed by atoms with Crippen LogP contribution in [-0.2, 0) is 4.79 Å². The van der Waals surface area contributed by atoms with Crippen LogP contribution in [0.4, 0.5) is 5.69 Å². The molecule has 3 nitrogen and oxygen atoms in total. The van der Waals surface area contributed by atoms with Crippen LogP contribution in [0.2, 0.25) is 0 Å². The van der Waals surface area contributed by atoms with Crippen LogP contribution in [0.1, 0.15) is 25.5 Å². The Hall–Kier alpha value is -2.29. The van der Waals surface area contributed by atoms with Gasteiger partial charge in [0.05, 0.1) is 6.04 Å². The van der Waals surface area contributed by atoms with Gasteiger partial charge < -0.3 is 9.80 Å². The summed E-state index contributed by atoms with van der Waals surface area (Å²) in [5, 5.41) is 0. The third kappa shape index (κ3) is 2.59. The molecule has 22 heavy (non-hydrogen) atoms. The predicted octanol–water partition coefficient (Wildman–Crippen LogP) is 3.48. The van der Waals surface area contributed by atoms with Crippen LogP contribution in [0.15, 0.2) is 60.7 Å². The van der Waals surface area contributed by atoms with Crippen molar-refractivity contribution in [3.63, 3.8) is 0 Å². The second kappa shape index (κ2) is 6.22. The Balaban J connectivity index is 1.91. The summed E-state index contributed by atoms with van der Waals surface area (Å²) in [5.41, 5.74) is 2.32. The Morgan fingerprint density at radius 1 is 0.955 bits per heavy atom. The van der Waals surface area contributed by atoms with Crippen LogP contribution in [-0.4, -0.2) is 29.9 Å². The molecule has 0 aromatic heterocycles. The van der Waals surface area contributed by atoms with Crippen molar-refractivity contribution in [2.45, 2.75) is 25.9 Å². The highest BCUT2D eigenvalue weighted by atomic mass is 16.2. The first-order chi connectivity index (χ1) is 10.8. The molecule has 1 aliphatic heterocycles. The Kier molecular flexibility index (Phi) is 4.14. The molecule has 1 aliphatic rings. The molecule has 1 amide bonds. The molecule has 0 aliphatic carbocycles. The molecule has 1 heterocycles. The van der Waals surface area contributed by atoms with E-state index in [1.54, 1.807) is 0 Å². The Morgan fingerprint density at radius 3 is 2.05 bits per heavy atom. The maximum atomic E-state index is 12.8. The number of hydrogen-bond acceptors (Lipinski definition) is 2. The molecular weight excluding hydrogens is 272 g/mol. The number of likely N-dealkylation sites (N-methyl/N-ethyl adjacent to an activating group) is 1. The Bertz CT molecular complexity index is 577. The molecule has 0 spiro atoms. The van der Waals surface area contributed by atoms with Crippen LogP contribution in [0.5, 0.6) is 0 Å². The van der Waals surface area contributed by atoms with E-state index in [-0.39, 0.29) is 18.0 Å². The fourth-order valence-corrected chi connectivity index (χ4v) is 3.12. The van der Waals surface area contributed by atoms with Gasteiger partial charge in [-0.1, -0.05) is 48.5 Å². The lowest BCUT2D eigenvalue weighted by atomic mass is 10.1.